The molecule has 3 aromatic rings. The highest BCUT2D eigenvalue weighted by Crippen LogP contribution is 2.47. The molecule has 2 aliphatic heterocycles. The minimum Gasteiger partial charge on any atom is -0.434 e. The van der Waals surface area contributed by atoms with Crippen molar-refractivity contribution in [2.45, 2.75) is 25.1 Å². The highest BCUT2D eigenvalue weighted by atomic mass is 35.5. The molecule has 6 nitrogen and oxygen atoms in total. The van der Waals surface area contributed by atoms with E-state index in [9.17, 15) is 13.6 Å². The summed E-state index contributed by atoms with van der Waals surface area (Å²) >= 11 is 6.03. The Labute approximate surface area is 150 Å². The predicted octanol–water partition coefficient (Wildman–Crippen LogP) is 3.46. The maximum atomic E-state index is 12.9. The Morgan fingerprint density at radius 3 is 3.04 bits per heavy atom. The molecule has 0 unspecified atom stereocenters. The van der Waals surface area contributed by atoms with E-state index >= 15 is 0 Å². The summed E-state index contributed by atoms with van der Waals surface area (Å²) in [4.78, 5) is 21.2. The Hall–Kier alpha value is -2.74. The van der Waals surface area contributed by atoms with Crippen LogP contribution in [0.15, 0.2) is 30.5 Å². The van der Waals surface area contributed by atoms with Crippen molar-refractivity contribution in [3.63, 3.8) is 0 Å². The Bertz CT molecular complexity index is 1070. The highest BCUT2D eigenvalue weighted by molar-refractivity contribution is 6.29. The summed E-state index contributed by atoms with van der Waals surface area (Å²) in [6.45, 7) is -2.98. The van der Waals surface area contributed by atoms with Gasteiger partial charge in [0.05, 0.1) is 23.8 Å². The first-order valence-electron chi connectivity index (χ1n) is 7.95. The molecule has 132 valence electrons. The van der Waals surface area contributed by atoms with Crippen LogP contribution in [0.2, 0.25) is 5.15 Å². The number of carbonyl (C=O) groups excluding carboxylic acids is 1. The van der Waals surface area contributed by atoms with Crippen LogP contribution in [0.3, 0.4) is 0 Å². The lowest BCUT2D eigenvalue weighted by Crippen LogP contribution is -2.28. The van der Waals surface area contributed by atoms with Gasteiger partial charge in [0.1, 0.15) is 22.2 Å². The van der Waals surface area contributed by atoms with Crippen LogP contribution < -0.4 is 10.1 Å². The van der Waals surface area contributed by atoms with E-state index in [0.717, 1.165) is 5.52 Å². The number of aromatic nitrogens is 3. The van der Waals surface area contributed by atoms with E-state index in [1.165, 1.54) is 12.1 Å². The van der Waals surface area contributed by atoms with Crippen molar-refractivity contribution in [1.29, 1.82) is 0 Å². The largest absolute Gasteiger partial charge is 0.434 e. The lowest BCUT2D eigenvalue weighted by Gasteiger charge is -2.21. The number of carbonyl (C=O) groups is 1. The van der Waals surface area contributed by atoms with Crippen LogP contribution in [0.1, 0.15) is 40.3 Å². The van der Waals surface area contributed by atoms with E-state index in [1.54, 1.807) is 18.3 Å². The smallest absolute Gasteiger partial charge is 0.387 e. The molecule has 0 saturated heterocycles. The van der Waals surface area contributed by atoms with Gasteiger partial charge in [-0.3, -0.25) is 4.79 Å². The monoisotopic (exact) mass is 376 g/mol. The van der Waals surface area contributed by atoms with E-state index in [2.05, 4.69) is 15.3 Å². The SMILES string of the molecule is O=C1N[C@@H]2C[C@H](c3c(OC(F)F)cccc31)n1c2nc2cnc(Cl)cc21. The Balaban J connectivity index is 1.79. The van der Waals surface area contributed by atoms with Gasteiger partial charge in [-0.2, -0.15) is 8.78 Å². The Morgan fingerprint density at radius 1 is 1.38 bits per heavy atom. The number of nitrogens with zero attached hydrogens (tertiary/aromatic N) is 3. The zero-order valence-electron chi connectivity index (χ0n) is 13.1. The number of ether oxygens (including phenoxy) is 1. The molecule has 1 aromatic carbocycles. The molecule has 26 heavy (non-hydrogen) atoms. The van der Waals surface area contributed by atoms with Crippen LogP contribution in [0.4, 0.5) is 8.78 Å². The molecule has 2 bridgehead atoms. The zero-order chi connectivity index (χ0) is 18.0. The quantitative estimate of drug-likeness (QED) is 0.695. The molecule has 4 heterocycles. The third-order valence-electron chi connectivity index (χ3n) is 4.82. The molecular formula is C17H11ClF2N4O2. The van der Waals surface area contributed by atoms with Gasteiger partial charge < -0.3 is 14.6 Å². The standard InChI is InChI=1S/C17H11ClF2N4O2/c18-13-5-10-9(6-21-13)22-15-8-4-11(24(10)15)14-7(16(25)23-8)2-1-3-12(14)26-17(19)20/h1-3,5-6,8,11,17H,4H2,(H,23,25)/t8-,11-/m1/s1. The fourth-order valence-corrected chi connectivity index (χ4v) is 4.04. The molecule has 5 rings (SSSR count). The van der Waals surface area contributed by atoms with E-state index in [-0.39, 0.29) is 23.7 Å². The average Bonchev–Trinajstić information content (AvgIpc) is 3.07. The van der Waals surface area contributed by atoms with Gasteiger partial charge in [-0.05, 0) is 18.6 Å². The van der Waals surface area contributed by atoms with Gasteiger partial charge in [-0.25, -0.2) is 9.97 Å². The normalized spacial score (nSPS) is 20.7. The molecule has 1 N–H and O–H groups in total. The number of rotatable bonds is 2. The topological polar surface area (TPSA) is 69.0 Å². The van der Waals surface area contributed by atoms with Crippen molar-refractivity contribution in [2.24, 2.45) is 0 Å². The molecule has 2 atom stereocenters. The van der Waals surface area contributed by atoms with Crippen LogP contribution in [0.5, 0.6) is 5.75 Å². The molecule has 0 radical (unpaired) electrons. The van der Waals surface area contributed by atoms with Gasteiger partial charge >= 0.3 is 6.61 Å². The number of alkyl halides is 2. The minimum atomic E-state index is -2.98. The number of hydrogen-bond acceptors (Lipinski definition) is 4. The molecule has 2 aromatic heterocycles. The number of amides is 1. The Morgan fingerprint density at radius 2 is 2.23 bits per heavy atom. The first-order chi connectivity index (χ1) is 12.5. The van der Waals surface area contributed by atoms with Crippen molar-refractivity contribution < 1.29 is 18.3 Å². The minimum absolute atomic E-state index is 0.00634. The summed E-state index contributed by atoms with van der Waals surface area (Å²) in [5.41, 5.74) is 2.12. The zero-order valence-corrected chi connectivity index (χ0v) is 13.9. The maximum absolute atomic E-state index is 12.9. The van der Waals surface area contributed by atoms with Crippen molar-refractivity contribution >= 4 is 28.5 Å². The second-order valence-electron chi connectivity index (χ2n) is 6.21. The van der Waals surface area contributed by atoms with Crippen LogP contribution in [0, 0.1) is 0 Å². The maximum Gasteiger partial charge on any atom is 0.387 e. The molecule has 0 saturated carbocycles. The van der Waals surface area contributed by atoms with Gasteiger partial charge in [0.25, 0.3) is 5.91 Å². The van der Waals surface area contributed by atoms with Crippen molar-refractivity contribution in [3.8, 4) is 5.75 Å². The number of benzene rings is 1. The predicted molar refractivity (Wildman–Crippen MR) is 88.6 cm³/mol. The first-order valence-corrected chi connectivity index (χ1v) is 8.32. The lowest BCUT2D eigenvalue weighted by atomic mass is 9.97. The number of fused-ring (bicyclic) bond motifs is 9. The van der Waals surface area contributed by atoms with E-state index < -0.39 is 6.61 Å². The van der Waals surface area contributed by atoms with Crippen molar-refractivity contribution in [3.05, 3.63) is 52.6 Å². The second-order valence-corrected chi connectivity index (χ2v) is 6.60. The highest BCUT2D eigenvalue weighted by Gasteiger charge is 2.42. The van der Waals surface area contributed by atoms with Gasteiger partial charge in [0.2, 0.25) is 0 Å². The summed E-state index contributed by atoms with van der Waals surface area (Å²) < 4.78 is 32.4. The van der Waals surface area contributed by atoms with Gasteiger partial charge in [0.15, 0.2) is 0 Å². The second kappa shape index (κ2) is 5.38. The molecule has 0 aliphatic carbocycles. The third-order valence-corrected chi connectivity index (χ3v) is 5.02. The van der Waals surface area contributed by atoms with Crippen molar-refractivity contribution in [1.82, 2.24) is 19.9 Å². The number of imidazole rings is 1. The summed E-state index contributed by atoms with van der Waals surface area (Å²) in [6, 6.07) is 5.57. The average molecular weight is 377 g/mol. The first kappa shape index (κ1) is 15.5. The summed E-state index contributed by atoms with van der Waals surface area (Å²) in [5, 5.41) is 3.23. The number of halogens is 3. The summed E-state index contributed by atoms with van der Waals surface area (Å²) in [7, 11) is 0. The van der Waals surface area contributed by atoms with Crippen LogP contribution in [0.25, 0.3) is 11.0 Å². The third kappa shape index (κ3) is 2.11. The molecular weight excluding hydrogens is 366 g/mol. The van der Waals surface area contributed by atoms with Gasteiger partial charge in [-0.1, -0.05) is 17.7 Å². The van der Waals surface area contributed by atoms with Gasteiger partial charge in [0, 0.05) is 17.2 Å². The lowest BCUT2D eigenvalue weighted by molar-refractivity contribution is -0.0507. The fourth-order valence-electron chi connectivity index (χ4n) is 3.89. The van der Waals surface area contributed by atoms with E-state index in [1.807, 2.05) is 4.57 Å². The molecule has 0 spiro atoms. The van der Waals surface area contributed by atoms with E-state index in [4.69, 9.17) is 16.3 Å². The van der Waals surface area contributed by atoms with Crippen LogP contribution in [-0.4, -0.2) is 27.1 Å². The molecule has 2 aliphatic rings. The number of nitrogens with one attached hydrogen (secondary N) is 1. The molecule has 1 amide bonds. The number of pyridine rings is 1. The van der Waals surface area contributed by atoms with Crippen LogP contribution >= 0.6 is 11.6 Å². The Kier molecular flexibility index (Phi) is 3.21. The van der Waals surface area contributed by atoms with E-state index in [0.29, 0.717) is 34.0 Å². The summed E-state index contributed by atoms with van der Waals surface area (Å²) in [6.07, 6.45) is 2.06. The summed E-state index contributed by atoms with van der Waals surface area (Å²) in [5.74, 6) is 0.315. The van der Waals surface area contributed by atoms with Gasteiger partial charge in [-0.15, -0.1) is 0 Å². The molecule has 9 heteroatoms. The number of hydrogen-bond donors (Lipinski definition) is 1. The van der Waals surface area contributed by atoms with Crippen molar-refractivity contribution in [2.75, 3.05) is 0 Å². The van der Waals surface area contributed by atoms with Crippen LogP contribution in [-0.2, 0) is 0 Å². The molecule has 0 fully saturated rings. The fraction of sp³-hybridized carbons (Fsp3) is 0.235.